The summed E-state index contributed by atoms with van der Waals surface area (Å²) in [5.41, 5.74) is 0.718. The van der Waals surface area contributed by atoms with Gasteiger partial charge in [0.2, 0.25) is 5.91 Å². The molecule has 2 N–H and O–H groups in total. The highest BCUT2D eigenvalue weighted by atomic mass is 32.2. The summed E-state index contributed by atoms with van der Waals surface area (Å²) in [6, 6.07) is 11.2. The Labute approximate surface area is 192 Å². The molecule has 1 heterocycles. The minimum Gasteiger partial charge on any atom is -0.342 e. The molecule has 0 saturated heterocycles. The van der Waals surface area contributed by atoms with Gasteiger partial charge in [0.25, 0.3) is 5.91 Å². The van der Waals surface area contributed by atoms with Crippen LogP contribution >= 0.6 is 11.8 Å². The van der Waals surface area contributed by atoms with E-state index in [9.17, 15) is 22.8 Å². The number of hydrogen-bond acceptors (Lipinski definition) is 5. The van der Waals surface area contributed by atoms with E-state index in [2.05, 4.69) is 20.8 Å². The number of carbonyl (C=O) groups is 2. The van der Waals surface area contributed by atoms with E-state index in [4.69, 9.17) is 0 Å². The van der Waals surface area contributed by atoms with Crippen molar-refractivity contribution in [2.45, 2.75) is 31.2 Å². The summed E-state index contributed by atoms with van der Waals surface area (Å²) in [6.07, 6.45) is -4.49. The van der Waals surface area contributed by atoms with Crippen LogP contribution in [0.2, 0.25) is 0 Å². The van der Waals surface area contributed by atoms with Crippen LogP contribution in [0.5, 0.6) is 0 Å². The molecule has 3 rings (SSSR count). The third-order valence-corrected chi connectivity index (χ3v) is 5.71. The number of nitrogens with one attached hydrogen (secondary N) is 2. The zero-order valence-electron chi connectivity index (χ0n) is 18.1. The Hall–Kier alpha value is -3.34. The second-order valence-corrected chi connectivity index (χ2v) is 8.32. The topological polar surface area (TPSA) is 88.9 Å². The Morgan fingerprint density at radius 2 is 1.85 bits per heavy atom. The highest BCUT2D eigenvalue weighted by molar-refractivity contribution is 7.99. The molecule has 0 unspecified atom stereocenters. The maximum absolute atomic E-state index is 12.8. The summed E-state index contributed by atoms with van der Waals surface area (Å²) in [5, 5.41) is 13.9. The lowest BCUT2D eigenvalue weighted by Gasteiger charge is -2.14. The van der Waals surface area contributed by atoms with Gasteiger partial charge in [-0.3, -0.25) is 9.59 Å². The summed E-state index contributed by atoms with van der Waals surface area (Å²) in [7, 11) is 1.71. The fourth-order valence-electron chi connectivity index (χ4n) is 3.06. The highest BCUT2D eigenvalue weighted by Crippen LogP contribution is 2.30. The summed E-state index contributed by atoms with van der Waals surface area (Å²) < 4.78 is 40.1. The second kappa shape index (κ2) is 10.1. The molecule has 0 fully saturated rings. The lowest BCUT2D eigenvalue weighted by atomic mass is 10.1. The maximum Gasteiger partial charge on any atom is 0.416 e. The molecule has 1 atom stereocenters. The van der Waals surface area contributed by atoms with E-state index < -0.39 is 23.7 Å². The van der Waals surface area contributed by atoms with E-state index >= 15 is 0 Å². The molecule has 0 aliphatic heterocycles. The summed E-state index contributed by atoms with van der Waals surface area (Å²) in [6.45, 7) is 3.67. The summed E-state index contributed by atoms with van der Waals surface area (Å²) in [5.74, 6) is -0.308. The minimum absolute atomic E-state index is 0.0570. The van der Waals surface area contributed by atoms with Crippen molar-refractivity contribution in [2.24, 2.45) is 7.05 Å². The first-order valence-electron chi connectivity index (χ1n) is 9.91. The number of thioether (sulfide) groups is 1. The van der Waals surface area contributed by atoms with Gasteiger partial charge in [0, 0.05) is 18.3 Å². The van der Waals surface area contributed by atoms with Gasteiger partial charge in [0.15, 0.2) is 11.0 Å². The number of amides is 2. The smallest absolute Gasteiger partial charge is 0.342 e. The number of rotatable bonds is 7. The summed E-state index contributed by atoms with van der Waals surface area (Å²) in [4.78, 5) is 24.7. The number of aromatic nitrogens is 3. The van der Waals surface area contributed by atoms with Crippen molar-refractivity contribution in [1.82, 2.24) is 20.1 Å². The Kier molecular flexibility index (Phi) is 7.42. The van der Waals surface area contributed by atoms with Gasteiger partial charge >= 0.3 is 6.18 Å². The lowest BCUT2D eigenvalue weighted by Crippen LogP contribution is -2.28. The highest BCUT2D eigenvalue weighted by Gasteiger charge is 2.30. The Bertz CT molecular complexity index is 1160. The molecule has 2 amide bonds. The van der Waals surface area contributed by atoms with E-state index in [-0.39, 0.29) is 17.3 Å². The van der Waals surface area contributed by atoms with Crippen molar-refractivity contribution >= 4 is 29.3 Å². The molecule has 174 valence electrons. The lowest BCUT2D eigenvalue weighted by molar-refractivity contribution is -0.137. The molecule has 0 bridgehead atoms. The quantitative estimate of drug-likeness (QED) is 0.494. The van der Waals surface area contributed by atoms with Crippen LogP contribution in [0.25, 0.3) is 0 Å². The molecule has 11 heteroatoms. The number of anilines is 1. The van der Waals surface area contributed by atoms with Gasteiger partial charge in [0.05, 0.1) is 17.4 Å². The van der Waals surface area contributed by atoms with Gasteiger partial charge in [-0.05, 0) is 44.2 Å². The fraction of sp³-hybridized carbons (Fsp3) is 0.273. The largest absolute Gasteiger partial charge is 0.416 e. The van der Waals surface area contributed by atoms with Crippen molar-refractivity contribution in [3.8, 4) is 0 Å². The molecule has 0 spiro atoms. The first-order valence-corrected chi connectivity index (χ1v) is 10.9. The SMILES string of the molecule is Cc1cccc(C(=O)N[C@H](C)c2nnc(SCC(=O)Nc3cccc(C(F)(F)F)c3)n2C)c1. The Morgan fingerprint density at radius 3 is 2.55 bits per heavy atom. The van der Waals surface area contributed by atoms with E-state index in [0.717, 1.165) is 29.5 Å². The molecule has 33 heavy (non-hydrogen) atoms. The molecule has 3 aromatic rings. The first-order chi connectivity index (χ1) is 15.5. The first kappa shape index (κ1) is 24.3. The number of aryl methyl sites for hydroxylation is 1. The van der Waals surface area contributed by atoms with E-state index in [1.54, 1.807) is 36.7 Å². The van der Waals surface area contributed by atoms with E-state index in [0.29, 0.717) is 16.5 Å². The van der Waals surface area contributed by atoms with Crippen LogP contribution in [0.15, 0.2) is 53.7 Å². The average molecular weight is 478 g/mol. The van der Waals surface area contributed by atoms with Gasteiger partial charge in [0.1, 0.15) is 0 Å². The molecule has 0 saturated carbocycles. The van der Waals surface area contributed by atoms with Gasteiger partial charge in [-0.2, -0.15) is 13.2 Å². The van der Waals surface area contributed by atoms with E-state index in [1.807, 2.05) is 13.0 Å². The number of alkyl halides is 3. The number of benzene rings is 2. The molecule has 2 aromatic carbocycles. The number of nitrogens with zero attached hydrogens (tertiary/aromatic N) is 3. The third-order valence-electron chi connectivity index (χ3n) is 4.69. The predicted octanol–water partition coefficient (Wildman–Crippen LogP) is 4.36. The molecule has 1 aromatic heterocycles. The standard InChI is InChI=1S/C22H22F3N5O2S/c1-13-6-4-7-15(10-13)20(32)26-14(2)19-28-29-21(30(19)3)33-12-18(31)27-17-9-5-8-16(11-17)22(23,24)25/h4-11,14H,12H2,1-3H3,(H,26,32)(H,27,31)/t14-/m1/s1. The predicted molar refractivity (Wildman–Crippen MR) is 119 cm³/mol. The zero-order chi connectivity index (χ0) is 24.2. The number of carbonyl (C=O) groups excluding carboxylic acids is 2. The number of halogens is 3. The van der Waals surface area contributed by atoms with Crippen LogP contribution in [-0.4, -0.2) is 32.3 Å². The van der Waals surface area contributed by atoms with Crippen LogP contribution in [0.1, 0.15) is 40.3 Å². The van der Waals surface area contributed by atoms with Gasteiger partial charge < -0.3 is 15.2 Å². The van der Waals surface area contributed by atoms with Crippen LogP contribution < -0.4 is 10.6 Å². The van der Waals surface area contributed by atoms with Crippen molar-refractivity contribution in [2.75, 3.05) is 11.1 Å². The van der Waals surface area contributed by atoms with Gasteiger partial charge in [-0.15, -0.1) is 10.2 Å². The maximum atomic E-state index is 12.8. The molecular weight excluding hydrogens is 455 g/mol. The summed E-state index contributed by atoms with van der Waals surface area (Å²) >= 11 is 1.08. The van der Waals surface area contributed by atoms with Crippen molar-refractivity contribution in [3.05, 3.63) is 71.0 Å². The van der Waals surface area contributed by atoms with Crippen molar-refractivity contribution < 1.29 is 22.8 Å². The second-order valence-electron chi connectivity index (χ2n) is 7.38. The van der Waals surface area contributed by atoms with Crippen LogP contribution in [0, 0.1) is 6.92 Å². The molecule has 0 aliphatic carbocycles. The van der Waals surface area contributed by atoms with Gasteiger partial charge in [-0.1, -0.05) is 35.5 Å². The molecular formula is C22H22F3N5O2S. The minimum atomic E-state index is -4.49. The number of hydrogen-bond donors (Lipinski definition) is 2. The zero-order valence-corrected chi connectivity index (χ0v) is 18.9. The van der Waals surface area contributed by atoms with Crippen molar-refractivity contribution in [1.29, 1.82) is 0 Å². The Morgan fingerprint density at radius 1 is 1.12 bits per heavy atom. The Balaban J connectivity index is 1.58. The molecule has 0 aliphatic rings. The fourth-order valence-corrected chi connectivity index (χ4v) is 3.78. The van der Waals surface area contributed by atoms with Crippen LogP contribution in [0.3, 0.4) is 0 Å². The van der Waals surface area contributed by atoms with E-state index in [1.165, 1.54) is 12.1 Å². The third kappa shape index (κ3) is 6.35. The normalized spacial score (nSPS) is 12.3. The average Bonchev–Trinajstić information content (AvgIpc) is 3.12. The van der Waals surface area contributed by atoms with Crippen molar-refractivity contribution in [3.63, 3.8) is 0 Å². The monoisotopic (exact) mass is 477 g/mol. The van der Waals surface area contributed by atoms with Crippen LogP contribution in [-0.2, 0) is 18.0 Å². The van der Waals surface area contributed by atoms with Crippen LogP contribution in [0.4, 0.5) is 18.9 Å². The molecule has 0 radical (unpaired) electrons. The molecule has 7 nitrogen and oxygen atoms in total. The van der Waals surface area contributed by atoms with Gasteiger partial charge in [-0.25, -0.2) is 0 Å².